The first-order valence-corrected chi connectivity index (χ1v) is 7.31. The molecule has 0 atom stereocenters. The average molecular weight is 289 g/mol. The van der Waals surface area contributed by atoms with E-state index in [-0.39, 0.29) is 10.9 Å². The number of hydrogen-bond donors (Lipinski definition) is 1. The number of benzene rings is 1. The number of aromatic nitrogens is 4. The second-order valence-electron chi connectivity index (χ2n) is 4.18. The normalized spacial score (nSPS) is 11.7. The second-order valence-corrected chi connectivity index (χ2v) is 5.76. The number of aryl methyl sites for hydroxylation is 1. The molecule has 2 aromatic heterocycles. The predicted octanol–water partition coefficient (Wildman–Crippen LogP) is 1.23. The van der Waals surface area contributed by atoms with Crippen molar-refractivity contribution in [2.75, 3.05) is 4.72 Å². The topological polar surface area (TPSA) is 89.3 Å². The molecule has 0 radical (unpaired) electrons. The summed E-state index contributed by atoms with van der Waals surface area (Å²) in [5, 5.41) is 3.61. The molecule has 102 valence electrons. The SMILES string of the molecule is Cc1ccn2nc(S(=O)(=O)Nc3ccccc3)nc2n1. The maximum Gasteiger partial charge on any atom is 0.299 e. The number of para-hydroxylation sites is 1. The van der Waals surface area contributed by atoms with Gasteiger partial charge in [0, 0.05) is 17.6 Å². The summed E-state index contributed by atoms with van der Waals surface area (Å²) in [6.45, 7) is 1.80. The van der Waals surface area contributed by atoms with Crippen molar-refractivity contribution in [1.29, 1.82) is 0 Å². The molecule has 7 nitrogen and oxygen atoms in total. The predicted molar refractivity (Wildman–Crippen MR) is 72.8 cm³/mol. The molecule has 0 fully saturated rings. The number of rotatable bonds is 3. The first kappa shape index (κ1) is 12.5. The molecule has 2 heterocycles. The third-order valence-corrected chi connectivity index (χ3v) is 3.75. The van der Waals surface area contributed by atoms with Crippen molar-refractivity contribution in [3.8, 4) is 0 Å². The van der Waals surface area contributed by atoms with E-state index < -0.39 is 10.0 Å². The lowest BCUT2D eigenvalue weighted by molar-refractivity contribution is 0.592. The molecule has 0 aliphatic heterocycles. The number of hydrogen-bond acceptors (Lipinski definition) is 5. The van der Waals surface area contributed by atoms with E-state index in [1.165, 1.54) is 4.52 Å². The zero-order valence-electron chi connectivity index (χ0n) is 10.6. The van der Waals surface area contributed by atoms with Crippen molar-refractivity contribution < 1.29 is 8.42 Å². The molecule has 3 aromatic rings. The quantitative estimate of drug-likeness (QED) is 0.783. The van der Waals surface area contributed by atoms with Crippen molar-refractivity contribution in [2.24, 2.45) is 0 Å². The minimum Gasteiger partial charge on any atom is -0.277 e. The van der Waals surface area contributed by atoms with E-state index in [9.17, 15) is 8.42 Å². The zero-order valence-corrected chi connectivity index (χ0v) is 11.4. The van der Waals surface area contributed by atoms with Gasteiger partial charge in [-0.15, -0.1) is 5.10 Å². The Bertz CT molecular complexity index is 858. The molecule has 0 aliphatic rings. The maximum atomic E-state index is 12.2. The highest BCUT2D eigenvalue weighted by Gasteiger charge is 2.20. The van der Waals surface area contributed by atoms with Crippen molar-refractivity contribution in [1.82, 2.24) is 19.6 Å². The van der Waals surface area contributed by atoms with Crippen molar-refractivity contribution in [2.45, 2.75) is 12.1 Å². The summed E-state index contributed by atoms with van der Waals surface area (Å²) in [4.78, 5) is 8.05. The van der Waals surface area contributed by atoms with Gasteiger partial charge < -0.3 is 0 Å². The van der Waals surface area contributed by atoms with Gasteiger partial charge in [-0.05, 0) is 25.1 Å². The van der Waals surface area contributed by atoms with Gasteiger partial charge in [-0.25, -0.2) is 9.50 Å². The molecular formula is C12H11N5O2S. The van der Waals surface area contributed by atoms with Gasteiger partial charge in [0.15, 0.2) is 0 Å². The van der Waals surface area contributed by atoms with Crippen LogP contribution in [0.3, 0.4) is 0 Å². The Kier molecular flexibility index (Phi) is 2.87. The van der Waals surface area contributed by atoms with Gasteiger partial charge in [0.05, 0.1) is 0 Å². The molecule has 0 spiro atoms. The van der Waals surface area contributed by atoms with Gasteiger partial charge in [0.1, 0.15) is 0 Å². The van der Waals surface area contributed by atoms with Crippen LogP contribution in [0.25, 0.3) is 5.78 Å². The summed E-state index contributed by atoms with van der Waals surface area (Å²) in [6, 6.07) is 10.3. The monoisotopic (exact) mass is 289 g/mol. The van der Waals surface area contributed by atoms with Gasteiger partial charge in [-0.1, -0.05) is 18.2 Å². The van der Waals surface area contributed by atoms with E-state index >= 15 is 0 Å². The molecule has 20 heavy (non-hydrogen) atoms. The summed E-state index contributed by atoms with van der Waals surface area (Å²) >= 11 is 0. The lowest BCUT2D eigenvalue weighted by Crippen LogP contribution is -2.14. The van der Waals surface area contributed by atoms with Gasteiger partial charge >= 0.3 is 0 Å². The van der Waals surface area contributed by atoms with E-state index in [1.54, 1.807) is 49.5 Å². The average Bonchev–Trinajstić information content (AvgIpc) is 2.83. The number of nitrogens with one attached hydrogen (secondary N) is 1. The highest BCUT2D eigenvalue weighted by atomic mass is 32.2. The van der Waals surface area contributed by atoms with E-state index in [4.69, 9.17) is 0 Å². The van der Waals surface area contributed by atoms with Crippen LogP contribution in [0, 0.1) is 6.92 Å². The first-order chi connectivity index (χ1) is 9.54. The van der Waals surface area contributed by atoms with Gasteiger partial charge in [-0.2, -0.15) is 13.4 Å². The largest absolute Gasteiger partial charge is 0.299 e. The summed E-state index contributed by atoms with van der Waals surface area (Å²) in [5.41, 5.74) is 1.19. The molecule has 3 rings (SSSR count). The van der Waals surface area contributed by atoms with Crippen molar-refractivity contribution in [3.05, 3.63) is 48.3 Å². The zero-order chi connectivity index (χ0) is 14.2. The minimum absolute atomic E-state index is 0.249. The molecule has 0 aliphatic carbocycles. The van der Waals surface area contributed by atoms with Crippen molar-refractivity contribution >= 4 is 21.5 Å². The molecular weight excluding hydrogens is 278 g/mol. The molecule has 0 bridgehead atoms. The number of sulfonamides is 1. The van der Waals surface area contributed by atoms with E-state index in [1.807, 2.05) is 0 Å². The minimum atomic E-state index is -3.82. The summed E-state index contributed by atoms with van der Waals surface area (Å²) in [6.07, 6.45) is 1.62. The standard InChI is InChI=1S/C12H11N5O2S/c1-9-7-8-17-11(13-9)14-12(15-17)20(18,19)16-10-5-3-2-4-6-10/h2-8,16H,1H3. The fourth-order valence-corrected chi connectivity index (χ4v) is 2.60. The smallest absolute Gasteiger partial charge is 0.277 e. The summed E-state index contributed by atoms with van der Waals surface area (Å²) in [7, 11) is -3.82. The van der Waals surface area contributed by atoms with Crippen molar-refractivity contribution in [3.63, 3.8) is 0 Å². The number of anilines is 1. The van der Waals surface area contributed by atoms with Gasteiger partial charge in [0.2, 0.25) is 0 Å². The lowest BCUT2D eigenvalue weighted by atomic mass is 10.3. The van der Waals surface area contributed by atoms with Crippen LogP contribution in [0.5, 0.6) is 0 Å². The second kappa shape index (κ2) is 4.57. The molecule has 0 saturated carbocycles. The van der Waals surface area contributed by atoms with E-state index in [0.717, 1.165) is 5.69 Å². The van der Waals surface area contributed by atoms with Gasteiger partial charge in [0.25, 0.3) is 21.0 Å². The Morgan fingerprint density at radius 1 is 1.10 bits per heavy atom. The van der Waals surface area contributed by atoms with Crippen LogP contribution in [0.2, 0.25) is 0 Å². The van der Waals surface area contributed by atoms with Crippen LogP contribution < -0.4 is 4.72 Å². The lowest BCUT2D eigenvalue weighted by Gasteiger charge is -2.03. The third kappa shape index (κ3) is 2.32. The fourth-order valence-electron chi connectivity index (χ4n) is 1.67. The molecule has 0 saturated heterocycles. The van der Waals surface area contributed by atoms with Crippen LogP contribution in [-0.4, -0.2) is 28.0 Å². The number of fused-ring (bicyclic) bond motifs is 1. The highest BCUT2D eigenvalue weighted by Crippen LogP contribution is 2.13. The summed E-state index contributed by atoms with van der Waals surface area (Å²) < 4.78 is 28.1. The molecule has 0 amide bonds. The Morgan fingerprint density at radius 3 is 2.60 bits per heavy atom. The Morgan fingerprint density at radius 2 is 1.85 bits per heavy atom. The van der Waals surface area contributed by atoms with Crippen LogP contribution >= 0.6 is 0 Å². The fraction of sp³-hybridized carbons (Fsp3) is 0.0833. The Labute approximate surface area is 115 Å². The molecule has 8 heteroatoms. The highest BCUT2D eigenvalue weighted by molar-refractivity contribution is 7.92. The van der Waals surface area contributed by atoms with Gasteiger partial charge in [-0.3, -0.25) is 4.72 Å². The van der Waals surface area contributed by atoms with Crippen LogP contribution in [0.1, 0.15) is 5.69 Å². The van der Waals surface area contributed by atoms with E-state index in [2.05, 4.69) is 19.8 Å². The Hall–Kier alpha value is -2.48. The molecule has 1 aromatic carbocycles. The maximum absolute atomic E-state index is 12.2. The Balaban J connectivity index is 2.01. The molecule has 1 N–H and O–H groups in total. The summed E-state index contributed by atoms with van der Waals surface area (Å²) in [5.74, 6) is 0.249. The molecule has 0 unspecified atom stereocenters. The van der Waals surface area contributed by atoms with Crippen LogP contribution in [-0.2, 0) is 10.0 Å². The number of nitrogens with zero attached hydrogens (tertiary/aromatic N) is 4. The van der Waals surface area contributed by atoms with Crippen LogP contribution in [0.4, 0.5) is 5.69 Å². The van der Waals surface area contributed by atoms with Crippen LogP contribution in [0.15, 0.2) is 47.8 Å². The first-order valence-electron chi connectivity index (χ1n) is 5.82. The van der Waals surface area contributed by atoms with E-state index in [0.29, 0.717) is 5.69 Å². The third-order valence-electron chi connectivity index (χ3n) is 2.59.